The van der Waals surface area contributed by atoms with Crippen LogP contribution in [0.2, 0.25) is 5.02 Å². The molecule has 6 heteroatoms. The highest BCUT2D eigenvalue weighted by molar-refractivity contribution is 6.31. The summed E-state index contributed by atoms with van der Waals surface area (Å²) in [6.45, 7) is 1.83. The lowest BCUT2D eigenvalue weighted by Gasteiger charge is -2.37. The van der Waals surface area contributed by atoms with Crippen molar-refractivity contribution in [3.63, 3.8) is 0 Å². The van der Waals surface area contributed by atoms with Gasteiger partial charge in [-0.15, -0.1) is 0 Å². The maximum atomic E-state index is 13.2. The molecule has 2 bridgehead atoms. The van der Waals surface area contributed by atoms with Crippen LogP contribution >= 0.6 is 11.6 Å². The van der Waals surface area contributed by atoms with Crippen molar-refractivity contribution in [3.05, 3.63) is 70.8 Å². The van der Waals surface area contributed by atoms with Gasteiger partial charge in [-0.1, -0.05) is 23.8 Å². The highest BCUT2D eigenvalue weighted by atomic mass is 35.5. The van der Waals surface area contributed by atoms with Crippen LogP contribution in [0.15, 0.2) is 54.6 Å². The van der Waals surface area contributed by atoms with E-state index in [0.717, 1.165) is 12.0 Å². The maximum absolute atomic E-state index is 13.2. The van der Waals surface area contributed by atoms with Crippen LogP contribution in [0.25, 0.3) is 0 Å². The molecule has 156 valence electrons. The Balaban J connectivity index is 1.22. The number of amides is 2. The fourth-order valence-electron chi connectivity index (χ4n) is 5.80. The minimum Gasteiger partial charge on any atom is -0.423 e. The molecule has 7 rings (SSSR count). The van der Waals surface area contributed by atoms with Crippen LogP contribution in [0.3, 0.4) is 0 Å². The van der Waals surface area contributed by atoms with Crippen molar-refractivity contribution in [1.82, 2.24) is 0 Å². The molecule has 2 saturated carbocycles. The molecule has 0 aromatic heterocycles. The van der Waals surface area contributed by atoms with Crippen LogP contribution < -0.4 is 9.64 Å². The number of hydrogen-bond acceptors (Lipinski definition) is 4. The van der Waals surface area contributed by atoms with E-state index in [2.05, 4.69) is 12.2 Å². The lowest BCUT2D eigenvalue weighted by molar-refractivity contribution is -0.124. The van der Waals surface area contributed by atoms with Crippen molar-refractivity contribution in [1.29, 1.82) is 0 Å². The third-order valence-corrected chi connectivity index (χ3v) is 7.79. The number of esters is 1. The molecule has 0 radical (unpaired) electrons. The third kappa shape index (κ3) is 2.72. The van der Waals surface area contributed by atoms with E-state index in [1.807, 2.05) is 6.92 Å². The Bertz CT molecular complexity index is 1130. The summed E-state index contributed by atoms with van der Waals surface area (Å²) in [6, 6.07) is 11.5. The van der Waals surface area contributed by atoms with Crippen LogP contribution in [-0.2, 0) is 9.59 Å². The quantitative estimate of drug-likeness (QED) is 0.311. The van der Waals surface area contributed by atoms with Gasteiger partial charge in [0.1, 0.15) is 5.75 Å². The van der Waals surface area contributed by atoms with E-state index in [4.69, 9.17) is 16.3 Å². The van der Waals surface area contributed by atoms with Crippen LogP contribution in [0.5, 0.6) is 5.75 Å². The Morgan fingerprint density at radius 2 is 1.58 bits per heavy atom. The van der Waals surface area contributed by atoms with Crippen molar-refractivity contribution >= 4 is 35.1 Å². The third-order valence-electron chi connectivity index (χ3n) is 7.36. The zero-order chi connectivity index (χ0) is 21.4. The van der Waals surface area contributed by atoms with Gasteiger partial charge in [0, 0.05) is 5.02 Å². The molecule has 2 aromatic rings. The Morgan fingerprint density at radius 3 is 2.16 bits per heavy atom. The minimum atomic E-state index is -0.511. The van der Waals surface area contributed by atoms with Gasteiger partial charge in [0.2, 0.25) is 11.8 Å². The molecular weight excluding hydrogens is 414 g/mol. The highest BCUT2D eigenvalue weighted by Crippen LogP contribution is 2.65. The predicted octanol–water partition coefficient (Wildman–Crippen LogP) is 4.43. The zero-order valence-electron chi connectivity index (χ0n) is 16.8. The normalized spacial score (nSPS) is 32.1. The van der Waals surface area contributed by atoms with Gasteiger partial charge < -0.3 is 4.74 Å². The van der Waals surface area contributed by atoms with E-state index >= 15 is 0 Å². The lowest BCUT2D eigenvalue weighted by Crippen LogP contribution is -2.40. The zero-order valence-corrected chi connectivity index (χ0v) is 17.6. The van der Waals surface area contributed by atoms with Crippen molar-refractivity contribution in [2.75, 3.05) is 4.90 Å². The van der Waals surface area contributed by atoms with Crippen molar-refractivity contribution in [3.8, 4) is 5.75 Å². The predicted molar refractivity (Wildman–Crippen MR) is 115 cm³/mol. The van der Waals surface area contributed by atoms with E-state index in [1.165, 1.54) is 4.90 Å². The molecule has 6 atom stereocenters. The van der Waals surface area contributed by atoms with Gasteiger partial charge in [0.15, 0.2) is 0 Å². The first-order valence-corrected chi connectivity index (χ1v) is 11.0. The number of carbonyl (C=O) groups excluding carboxylic acids is 3. The number of imide groups is 1. The summed E-state index contributed by atoms with van der Waals surface area (Å²) in [7, 11) is 0. The molecular formula is C25H20ClNO4. The molecule has 31 heavy (non-hydrogen) atoms. The lowest BCUT2D eigenvalue weighted by atomic mass is 9.63. The maximum Gasteiger partial charge on any atom is 0.343 e. The summed E-state index contributed by atoms with van der Waals surface area (Å²) in [5, 5.41) is 0.602. The summed E-state index contributed by atoms with van der Waals surface area (Å²) in [5.74, 6) is 0.751. The molecule has 3 fully saturated rings. The summed E-state index contributed by atoms with van der Waals surface area (Å²) < 4.78 is 5.42. The van der Waals surface area contributed by atoms with Gasteiger partial charge in [-0.2, -0.15) is 0 Å². The second kappa shape index (κ2) is 6.54. The van der Waals surface area contributed by atoms with E-state index in [-0.39, 0.29) is 35.5 Å². The summed E-state index contributed by atoms with van der Waals surface area (Å²) in [5.41, 5.74) is 1.67. The Labute approximate surface area is 184 Å². The SMILES string of the molecule is Cc1cc(OC(=O)c2ccc(N3C(=O)[C@H]4[C@@H]5C=C[C@H]([C@H]6C[C@H]56)[C@@H]4C3=O)cc2)ccc1Cl. The van der Waals surface area contributed by atoms with Crippen LogP contribution in [-0.4, -0.2) is 17.8 Å². The number of rotatable bonds is 3. The monoisotopic (exact) mass is 433 g/mol. The topological polar surface area (TPSA) is 63.7 Å². The second-order valence-corrected chi connectivity index (χ2v) is 9.42. The Kier molecular flexibility index (Phi) is 3.97. The van der Waals surface area contributed by atoms with Crippen molar-refractivity contribution < 1.29 is 19.1 Å². The van der Waals surface area contributed by atoms with Crippen molar-refractivity contribution in [2.45, 2.75) is 13.3 Å². The van der Waals surface area contributed by atoms with E-state index in [9.17, 15) is 14.4 Å². The Morgan fingerprint density at radius 1 is 0.968 bits per heavy atom. The number of allylic oxidation sites excluding steroid dienone is 2. The molecule has 0 spiro atoms. The smallest absolute Gasteiger partial charge is 0.343 e. The van der Waals surface area contributed by atoms with Gasteiger partial charge >= 0.3 is 5.97 Å². The number of hydrogen-bond donors (Lipinski definition) is 0. The standard InChI is InChI=1S/C25H20ClNO4/c1-12-10-15(6-9-20(12)26)31-25(30)13-2-4-14(5-3-13)27-23(28)21-16-7-8-17(19-11-18(16)19)22(21)24(27)29/h2-10,16-19,21-22H,11H2,1H3/t16-,17-,18-,19-,21+,22+/m1/s1. The van der Waals surface area contributed by atoms with Gasteiger partial charge in [-0.25, -0.2) is 4.79 Å². The van der Waals surface area contributed by atoms with Crippen LogP contribution in [0.4, 0.5) is 5.69 Å². The fraction of sp³-hybridized carbons (Fsp3) is 0.320. The van der Waals surface area contributed by atoms with Gasteiger partial charge in [-0.05, 0) is 85.0 Å². The average Bonchev–Trinajstić information content (AvgIpc) is 3.54. The molecule has 1 aliphatic heterocycles. The fourth-order valence-corrected chi connectivity index (χ4v) is 5.92. The average molecular weight is 434 g/mol. The van der Waals surface area contributed by atoms with Crippen LogP contribution in [0.1, 0.15) is 22.3 Å². The van der Waals surface area contributed by atoms with E-state index < -0.39 is 5.97 Å². The first-order chi connectivity index (χ1) is 14.9. The number of carbonyl (C=O) groups is 3. The second-order valence-electron chi connectivity index (χ2n) is 9.01. The number of halogens is 1. The first kappa shape index (κ1) is 18.8. The molecule has 2 aromatic carbocycles. The molecule has 0 N–H and O–H groups in total. The molecule has 1 saturated heterocycles. The highest BCUT2D eigenvalue weighted by Gasteiger charge is 2.67. The Hall–Kier alpha value is -2.92. The van der Waals surface area contributed by atoms with Gasteiger partial charge in [-0.3, -0.25) is 14.5 Å². The van der Waals surface area contributed by atoms with Gasteiger partial charge in [0.25, 0.3) is 0 Å². The number of nitrogens with zero attached hydrogens (tertiary/aromatic N) is 1. The summed E-state index contributed by atoms with van der Waals surface area (Å²) in [4.78, 5) is 40.2. The molecule has 0 unspecified atom stereocenters. The largest absolute Gasteiger partial charge is 0.423 e. The molecule has 5 aliphatic rings. The van der Waals surface area contributed by atoms with Crippen LogP contribution in [0, 0.1) is 42.4 Å². The number of ether oxygens (including phenoxy) is 1. The molecule has 1 heterocycles. The minimum absolute atomic E-state index is 0.105. The summed E-state index contributed by atoms with van der Waals surface area (Å²) >= 11 is 6.01. The molecule has 2 amide bonds. The first-order valence-electron chi connectivity index (χ1n) is 10.6. The van der Waals surface area contributed by atoms with Crippen molar-refractivity contribution in [2.24, 2.45) is 35.5 Å². The molecule has 5 nitrogen and oxygen atoms in total. The van der Waals surface area contributed by atoms with Gasteiger partial charge in [0.05, 0.1) is 23.1 Å². The summed E-state index contributed by atoms with van der Waals surface area (Å²) in [6.07, 6.45) is 5.46. The van der Waals surface area contributed by atoms with E-state index in [0.29, 0.717) is 33.9 Å². The number of benzene rings is 2. The number of aryl methyl sites for hydroxylation is 1. The molecule has 4 aliphatic carbocycles. The van der Waals surface area contributed by atoms with E-state index in [1.54, 1.807) is 42.5 Å². The number of anilines is 1.